The zero-order chi connectivity index (χ0) is 21.5. The van der Waals surface area contributed by atoms with Gasteiger partial charge < -0.3 is 14.6 Å². The van der Waals surface area contributed by atoms with Crippen molar-refractivity contribution in [1.82, 2.24) is 14.8 Å². The molecule has 1 aliphatic heterocycles. The van der Waals surface area contributed by atoms with Gasteiger partial charge in [-0.05, 0) is 17.7 Å². The summed E-state index contributed by atoms with van der Waals surface area (Å²) in [7, 11) is 1.66. The second-order valence-corrected chi connectivity index (χ2v) is 8.07. The first-order valence-electron chi connectivity index (χ1n) is 10.9. The Kier molecular flexibility index (Phi) is 7.48. The maximum atomic E-state index is 10.9. The summed E-state index contributed by atoms with van der Waals surface area (Å²) in [5.41, 5.74) is 3.16. The van der Waals surface area contributed by atoms with Crippen LogP contribution in [0.2, 0.25) is 0 Å². The predicted octanol–water partition coefficient (Wildman–Crippen LogP) is 2.94. The Morgan fingerprint density at radius 3 is 2.58 bits per heavy atom. The zero-order valence-electron chi connectivity index (χ0n) is 18.1. The molecule has 1 saturated heterocycles. The monoisotopic (exact) mass is 421 g/mol. The van der Waals surface area contributed by atoms with Crippen LogP contribution in [0.15, 0.2) is 60.7 Å². The minimum absolute atomic E-state index is 0.443. The van der Waals surface area contributed by atoms with Gasteiger partial charge in [0.1, 0.15) is 0 Å². The molecule has 0 radical (unpaired) electrons. The molecule has 164 valence electrons. The summed E-state index contributed by atoms with van der Waals surface area (Å²) in [6.07, 6.45) is -0.443. The third-order valence-electron chi connectivity index (χ3n) is 5.64. The third kappa shape index (κ3) is 6.02. The molecule has 0 saturated carbocycles. The highest BCUT2D eigenvalue weighted by Crippen LogP contribution is 2.24. The number of aromatic nitrogens is 1. The van der Waals surface area contributed by atoms with Crippen LogP contribution in [0, 0.1) is 0 Å². The lowest BCUT2D eigenvalue weighted by atomic mass is 10.1. The fraction of sp³-hybridized carbons (Fsp3) is 0.400. The topological polar surface area (TPSA) is 58.1 Å². The number of benzene rings is 2. The molecule has 2 heterocycles. The largest absolute Gasteiger partial charge is 0.481 e. The van der Waals surface area contributed by atoms with Crippen LogP contribution in [-0.2, 0) is 17.8 Å². The van der Waals surface area contributed by atoms with E-state index in [0.29, 0.717) is 25.5 Å². The van der Waals surface area contributed by atoms with Crippen molar-refractivity contribution < 1.29 is 14.6 Å². The van der Waals surface area contributed by atoms with E-state index in [1.54, 1.807) is 7.11 Å². The van der Waals surface area contributed by atoms with Gasteiger partial charge in [-0.25, -0.2) is 4.98 Å². The summed E-state index contributed by atoms with van der Waals surface area (Å²) < 4.78 is 11.0. The van der Waals surface area contributed by atoms with Gasteiger partial charge in [0.05, 0.1) is 31.9 Å². The van der Waals surface area contributed by atoms with Crippen molar-refractivity contribution in [3.63, 3.8) is 0 Å². The second kappa shape index (κ2) is 10.7. The van der Waals surface area contributed by atoms with Crippen molar-refractivity contribution in [1.29, 1.82) is 0 Å². The number of hydrogen-bond donors (Lipinski definition) is 1. The van der Waals surface area contributed by atoms with E-state index >= 15 is 0 Å². The van der Waals surface area contributed by atoms with Gasteiger partial charge in [-0.15, -0.1) is 0 Å². The van der Waals surface area contributed by atoms with E-state index in [-0.39, 0.29) is 0 Å². The maximum absolute atomic E-state index is 10.9. The summed E-state index contributed by atoms with van der Waals surface area (Å²) in [5.74, 6) is 0.638. The van der Waals surface area contributed by atoms with Gasteiger partial charge >= 0.3 is 0 Å². The molecule has 1 fully saturated rings. The zero-order valence-corrected chi connectivity index (χ0v) is 18.1. The van der Waals surface area contributed by atoms with Crippen LogP contribution in [0.5, 0.6) is 5.88 Å². The Bertz CT molecular complexity index is 961. The number of nitrogens with zero attached hydrogens (tertiary/aromatic N) is 3. The van der Waals surface area contributed by atoms with E-state index in [2.05, 4.69) is 46.2 Å². The van der Waals surface area contributed by atoms with Crippen LogP contribution in [-0.4, -0.2) is 72.5 Å². The number of aliphatic hydroxyl groups excluding tert-OH is 1. The fourth-order valence-electron chi connectivity index (χ4n) is 4.14. The average molecular weight is 422 g/mol. The molecular formula is C25H31N3O3. The Morgan fingerprint density at radius 1 is 1.06 bits per heavy atom. The normalized spacial score (nSPS) is 16.0. The van der Waals surface area contributed by atoms with Crippen LogP contribution in [0.1, 0.15) is 11.1 Å². The van der Waals surface area contributed by atoms with E-state index in [1.165, 1.54) is 5.56 Å². The highest BCUT2D eigenvalue weighted by Gasteiger charge is 2.20. The van der Waals surface area contributed by atoms with E-state index in [0.717, 1.165) is 49.3 Å². The number of ether oxygens (including phenoxy) is 2. The molecule has 3 aromatic rings. The molecule has 1 N–H and O–H groups in total. The second-order valence-electron chi connectivity index (χ2n) is 8.07. The number of methoxy groups -OCH3 is 1. The highest BCUT2D eigenvalue weighted by atomic mass is 16.5. The van der Waals surface area contributed by atoms with Gasteiger partial charge in [0.25, 0.3) is 0 Å². The first-order valence-corrected chi connectivity index (χ1v) is 10.9. The van der Waals surface area contributed by atoms with Gasteiger partial charge in [0.15, 0.2) is 0 Å². The van der Waals surface area contributed by atoms with Crippen molar-refractivity contribution in [3.8, 4) is 5.88 Å². The van der Waals surface area contributed by atoms with Crippen LogP contribution in [0.4, 0.5) is 0 Å². The molecule has 6 nitrogen and oxygen atoms in total. The Labute approximate surface area is 184 Å². The molecule has 0 bridgehead atoms. The van der Waals surface area contributed by atoms with Gasteiger partial charge in [-0.2, -0.15) is 0 Å². The summed E-state index contributed by atoms with van der Waals surface area (Å²) in [6.45, 7) is 5.84. The Balaban J connectivity index is 1.53. The number of aliphatic hydroxyl groups is 1. The molecule has 0 amide bonds. The summed E-state index contributed by atoms with van der Waals surface area (Å²) in [6, 6.07) is 20.6. The lowest BCUT2D eigenvalue weighted by molar-refractivity contribution is 0.00550. The first-order chi connectivity index (χ1) is 15.2. The molecule has 1 atom stereocenters. The minimum Gasteiger partial charge on any atom is -0.481 e. The van der Waals surface area contributed by atoms with Gasteiger partial charge in [0, 0.05) is 50.2 Å². The highest BCUT2D eigenvalue weighted by molar-refractivity contribution is 5.80. The molecule has 0 spiro atoms. The molecule has 1 aromatic heterocycles. The van der Waals surface area contributed by atoms with Gasteiger partial charge in [0.2, 0.25) is 5.88 Å². The van der Waals surface area contributed by atoms with Crippen LogP contribution in [0.25, 0.3) is 10.9 Å². The molecule has 2 aromatic carbocycles. The molecule has 4 rings (SSSR count). The van der Waals surface area contributed by atoms with Crippen LogP contribution in [0.3, 0.4) is 0 Å². The third-order valence-corrected chi connectivity index (χ3v) is 5.64. The summed E-state index contributed by atoms with van der Waals surface area (Å²) in [5, 5.41) is 11.9. The number of hydrogen-bond acceptors (Lipinski definition) is 6. The number of para-hydroxylation sites is 1. The quantitative estimate of drug-likeness (QED) is 0.573. The fourth-order valence-corrected chi connectivity index (χ4v) is 4.14. The number of morpholine rings is 1. The summed E-state index contributed by atoms with van der Waals surface area (Å²) in [4.78, 5) is 9.24. The molecule has 0 aliphatic carbocycles. The van der Waals surface area contributed by atoms with Crippen molar-refractivity contribution >= 4 is 10.9 Å². The molecule has 1 unspecified atom stereocenters. The van der Waals surface area contributed by atoms with Crippen LogP contribution >= 0.6 is 0 Å². The maximum Gasteiger partial charge on any atom is 0.218 e. The van der Waals surface area contributed by atoms with E-state index in [4.69, 9.17) is 14.5 Å². The average Bonchev–Trinajstić information content (AvgIpc) is 2.80. The van der Waals surface area contributed by atoms with Crippen LogP contribution < -0.4 is 4.74 Å². The Hall–Kier alpha value is -2.51. The summed E-state index contributed by atoms with van der Waals surface area (Å²) >= 11 is 0. The molecule has 1 aliphatic rings. The van der Waals surface area contributed by atoms with Gasteiger partial charge in [-0.1, -0.05) is 48.5 Å². The van der Waals surface area contributed by atoms with E-state index in [9.17, 15) is 5.11 Å². The van der Waals surface area contributed by atoms with Crippen molar-refractivity contribution in [2.45, 2.75) is 19.2 Å². The lowest BCUT2D eigenvalue weighted by Gasteiger charge is -2.31. The van der Waals surface area contributed by atoms with Gasteiger partial charge in [-0.3, -0.25) is 9.80 Å². The lowest BCUT2D eigenvalue weighted by Crippen LogP contribution is -2.44. The number of β-amino-alcohol motifs (C(OH)–C–C–N with tert-alkyl or cyclic N) is 1. The number of pyridine rings is 1. The minimum atomic E-state index is -0.443. The van der Waals surface area contributed by atoms with Crippen molar-refractivity contribution in [2.24, 2.45) is 0 Å². The van der Waals surface area contributed by atoms with Crippen molar-refractivity contribution in [3.05, 3.63) is 71.8 Å². The predicted molar refractivity (Wildman–Crippen MR) is 122 cm³/mol. The first kappa shape index (κ1) is 21.7. The molecule has 6 heteroatoms. The Morgan fingerprint density at radius 2 is 1.81 bits per heavy atom. The molecular weight excluding hydrogens is 390 g/mol. The smallest absolute Gasteiger partial charge is 0.218 e. The number of rotatable bonds is 9. The number of fused-ring (bicyclic) bond motifs is 1. The SMILES string of the molecule is COc1nc2ccccc2cc1CN(Cc1ccccc1)CC(O)CN1CCOCC1. The van der Waals surface area contributed by atoms with E-state index < -0.39 is 6.10 Å². The van der Waals surface area contributed by atoms with Crippen molar-refractivity contribution in [2.75, 3.05) is 46.5 Å². The van der Waals surface area contributed by atoms with E-state index in [1.807, 2.05) is 24.3 Å². The standard InChI is InChI=1S/C25H31N3O3/c1-30-25-22(15-21-9-5-6-10-24(21)26-25)17-28(16-20-7-3-2-4-8-20)19-23(29)18-27-11-13-31-14-12-27/h2-10,15,23,29H,11-14,16-19H2,1H3. The molecule has 31 heavy (non-hydrogen) atoms.